The lowest BCUT2D eigenvalue weighted by Gasteiger charge is -2.12. The molecule has 2 aromatic heterocycles. The second-order valence-corrected chi connectivity index (χ2v) is 16.3. The summed E-state index contributed by atoms with van der Waals surface area (Å²) in [5.74, 6) is -0.802. The third-order valence-corrected chi connectivity index (χ3v) is 12.0. The van der Waals surface area contributed by atoms with Crippen molar-refractivity contribution in [3.05, 3.63) is 229 Å². The van der Waals surface area contributed by atoms with Gasteiger partial charge in [-0.15, -0.1) is 10.2 Å². The summed E-state index contributed by atoms with van der Waals surface area (Å²) in [5, 5.41) is 48.7. The molecule has 0 aliphatic rings. The number of amides is 1. The predicted molar refractivity (Wildman–Crippen MR) is 271 cm³/mol. The average molecular weight is 919 g/mol. The molecule has 0 fully saturated rings. The van der Waals surface area contributed by atoms with Gasteiger partial charge in [-0.25, -0.2) is 9.13 Å². The molecule has 0 atom stereocenters. The molecule has 0 saturated carbocycles. The van der Waals surface area contributed by atoms with E-state index in [9.17, 15) is 34.2 Å². The summed E-state index contributed by atoms with van der Waals surface area (Å²) >= 11 is 0. The number of nitrogens with one attached hydrogen (secondary N) is 2. The molecular weight excluding hydrogens is 885 g/mol. The Labute approximate surface area is 394 Å². The monoisotopic (exact) mass is 918 g/mol. The van der Waals surface area contributed by atoms with Gasteiger partial charge in [0.25, 0.3) is 28.1 Å². The topological polar surface area (TPSA) is 209 Å². The number of phenolic OH excluding ortho intramolecular Hbond substituents is 2. The highest BCUT2D eigenvalue weighted by Gasteiger charge is 2.22. The molecule has 0 spiro atoms. The van der Waals surface area contributed by atoms with Gasteiger partial charge < -0.3 is 20.8 Å². The highest BCUT2D eigenvalue weighted by Crippen LogP contribution is 2.44. The Hall–Kier alpha value is -10.2. The van der Waals surface area contributed by atoms with Crippen LogP contribution in [0, 0.1) is 0 Å². The number of fused-ring (bicyclic) bond motifs is 4. The minimum Gasteiger partial charge on any atom is -0.504 e. The minimum atomic E-state index is -0.684. The molecule has 11 rings (SSSR count). The van der Waals surface area contributed by atoms with E-state index in [1.54, 1.807) is 60.7 Å². The van der Waals surface area contributed by atoms with Crippen molar-refractivity contribution < 1.29 is 15.0 Å². The van der Waals surface area contributed by atoms with Crippen LogP contribution in [0.3, 0.4) is 0 Å². The fraction of sp³-hybridized carbons (Fsp3) is 0. The van der Waals surface area contributed by atoms with Crippen molar-refractivity contribution in [3.63, 3.8) is 0 Å². The number of aromatic nitrogens is 2. The van der Waals surface area contributed by atoms with Crippen LogP contribution in [0.2, 0.25) is 0 Å². The number of azo groups is 2. The van der Waals surface area contributed by atoms with E-state index in [2.05, 4.69) is 31.1 Å². The fourth-order valence-electron chi connectivity index (χ4n) is 8.48. The maximum absolute atomic E-state index is 13.9. The number of carbonyl (C=O) groups is 1. The Morgan fingerprint density at radius 3 is 1.29 bits per heavy atom. The smallest absolute Gasteiger partial charge is 0.266 e. The molecule has 2 heterocycles. The van der Waals surface area contributed by atoms with Crippen LogP contribution in [0.15, 0.2) is 222 Å². The van der Waals surface area contributed by atoms with Crippen molar-refractivity contribution in [2.24, 2.45) is 20.5 Å². The zero-order valence-electron chi connectivity index (χ0n) is 36.4. The minimum absolute atomic E-state index is 0.0305. The van der Waals surface area contributed by atoms with Crippen LogP contribution in [0.1, 0.15) is 10.4 Å². The molecule has 336 valence electrons. The largest absolute Gasteiger partial charge is 0.504 e. The lowest BCUT2D eigenvalue weighted by molar-refractivity contribution is 0.102. The molecular formula is C55H34N8O7. The molecule has 0 saturated heterocycles. The summed E-state index contributed by atoms with van der Waals surface area (Å²) in [6.07, 6.45) is 0. The Morgan fingerprint density at radius 2 is 0.814 bits per heavy atom. The normalized spacial score (nSPS) is 11.7. The zero-order valence-corrected chi connectivity index (χ0v) is 36.4. The van der Waals surface area contributed by atoms with Crippen molar-refractivity contribution >= 4 is 88.8 Å². The van der Waals surface area contributed by atoms with Gasteiger partial charge >= 0.3 is 0 Å². The molecule has 70 heavy (non-hydrogen) atoms. The number of anilines is 3. The Balaban J connectivity index is 0.861. The van der Waals surface area contributed by atoms with Gasteiger partial charge in [0.1, 0.15) is 11.4 Å². The molecule has 0 unspecified atom stereocenters. The molecule has 15 heteroatoms. The van der Waals surface area contributed by atoms with Crippen LogP contribution < -0.4 is 32.9 Å². The number of rotatable bonds is 10. The van der Waals surface area contributed by atoms with Crippen LogP contribution in [0.25, 0.3) is 54.5 Å². The van der Waals surface area contributed by atoms with Crippen molar-refractivity contribution in [3.8, 4) is 22.9 Å². The van der Waals surface area contributed by atoms with Crippen molar-refractivity contribution in [1.29, 1.82) is 0 Å². The number of phenols is 2. The predicted octanol–water partition coefficient (Wildman–Crippen LogP) is 11.4. The van der Waals surface area contributed by atoms with Gasteiger partial charge in [0.15, 0.2) is 11.5 Å². The summed E-state index contributed by atoms with van der Waals surface area (Å²) in [6, 6.07) is 50.9. The highest BCUT2D eigenvalue weighted by atomic mass is 16.3. The van der Waals surface area contributed by atoms with Gasteiger partial charge in [0.05, 0.1) is 55.7 Å². The third kappa shape index (κ3) is 7.50. The lowest BCUT2D eigenvalue weighted by Crippen LogP contribution is -2.24. The van der Waals surface area contributed by atoms with Gasteiger partial charge in [0, 0.05) is 22.0 Å². The molecule has 0 aliphatic carbocycles. The van der Waals surface area contributed by atoms with Crippen LogP contribution in [-0.4, -0.2) is 25.3 Å². The first-order valence-electron chi connectivity index (χ1n) is 21.8. The van der Waals surface area contributed by atoms with Gasteiger partial charge in [0.2, 0.25) is 0 Å². The number of benzene rings is 9. The maximum Gasteiger partial charge on any atom is 0.266 e. The number of nitrogens with zero attached hydrogens (tertiary/aromatic N) is 6. The first-order valence-corrected chi connectivity index (χ1v) is 21.8. The third-order valence-electron chi connectivity index (χ3n) is 12.0. The molecule has 0 bridgehead atoms. The van der Waals surface area contributed by atoms with Crippen LogP contribution in [0.4, 0.5) is 39.8 Å². The summed E-state index contributed by atoms with van der Waals surface area (Å²) in [7, 11) is 0. The average Bonchev–Trinajstić information content (AvgIpc) is 3.79. The molecule has 15 nitrogen and oxygen atoms in total. The number of para-hydroxylation sites is 1. The van der Waals surface area contributed by atoms with Gasteiger partial charge in [-0.2, -0.15) is 10.2 Å². The van der Waals surface area contributed by atoms with E-state index in [-0.39, 0.29) is 61.5 Å². The van der Waals surface area contributed by atoms with Crippen molar-refractivity contribution in [1.82, 2.24) is 9.13 Å². The van der Waals surface area contributed by atoms with Gasteiger partial charge in [-0.1, -0.05) is 84.9 Å². The zero-order chi connectivity index (χ0) is 48.0. The van der Waals surface area contributed by atoms with Gasteiger partial charge in [-0.3, -0.25) is 24.0 Å². The molecule has 9 aromatic carbocycles. The van der Waals surface area contributed by atoms with E-state index >= 15 is 0 Å². The molecule has 0 radical (unpaired) electrons. The maximum atomic E-state index is 13.9. The number of hydrogen-bond donors (Lipinski definition) is 4. The van der Waals surface area contributed by atoms with Crippen molar-refractivity contribution in [2.45, 2.75) is 0 Å². The van der Waals surface area contributed by atoms with E-state index in [1.165, 1.54) is 48.5 Å². The molecule has 1 amide bonds. The van der Waals surface area contributed by atoms with E-state index in [0.717, 1.165) is 20.2 Å². The first-order chi connectivity index (χ1) is 34.1. The summed E-state index contributed by atoms with van der Waals surface area (Å²) in [6.45, 7) is 0. The van der Waals surface area contributed by atoms with Crippen LogP contribution in [-0.2, 0) is 0 Å². The summed E-state index contributed by atoms with van der Waals surface area (Å²) in [4.78, 5) is 68.4. The van der Waals surface area contributed by atoms with E-state index in [4.69, 9.17) is 0 Å². The highest BCUT2D eigenvalue weighted by molar-refractivity contribution is 6.09. The molecule has 4 N–H and O–H groups in total. The Kier molecular flexibility index (Phi) is 10.5. The van der Waals surface area contributed by atoms with E-state index in [0.29, 0.717) is 38.8 Å². The number of carbonyl (C=O) groups excluding carboxylic acids is 1. The second-order valence-electron chi connectivity index (χ2n) is 16.3. The van der Waals surface area contributed by atoms with E-state index < -0.39 is 28.1 Å². The SMILES string of the molecule is O=C(Nc1cc2ccccc2c(N=Nc2ccc(-n3c(=O)c4cc5c(=O)n(-c6ccc(N=Nc7c(O)c(Nc8ccccc8)cc8ccccc78)cc6)c(=O)c5cc4c3=O)cc2)c1O)c1ccccc1. The molecule has 11 aromatic rings. The summed E-state index contributed by atoms with van der Waals surface area (Å²) < 4.78 is 1.93. The lowest BCUT2D eigenvalue weighted by atomic mass is 10.1. The fourth-order valence-corrected chi connectivity index (χ4v) is 8.48. The number of aromatic hydroxyl groups is 2. The Morgan fingerprint density at radius 1 is 0.414 bits per heavy atom. The Bertz CT molecular complexity index is 4100. The summed E-state index contributed by atoms with van der Waals surface area (Å²) in [5.41, 5.74) is 0.561. The van der Waals surface area contributed by atoms with Crippen molar-refractivity contribution in [2.75, 3.05) is 10.6 Å². The van der Waals surface area contributed by atoms with Crippen LogP contribution in [0.5, 0.6) is 11.5 Å². The second kappa shape index (κ2) is 17.3. The first kappa shape index (κ1) is 42.5. The van der Waals surface area contributed by atoms with E-state index in [1.807, 2.05) is 72.8 Å². The van der Waals surface area contributed by atoms with Crippen LogP contribution >= 0.6 is 0 Å². The van der Waals surface area contributed by atoms with Gasteiger partial charge in [-0.05, 0) is 108 Å². The quantitative estimate of drug-likeness (QED) is 0.0764. The molecule has 0 aliphatic heterocycles. The number of hydrogen-bond acceptors (Lipinski definition) is 12. The standard InChI is InChI=1S/C55H34N8O7/c64-49-45(56-34-15-5-2-6-16-34)27-32-13-7-9-17-39(32)47(49)60-58-35-19-23-37(24-20-35)62-52(67)41-29-43-44(30-42(41)53(62)68)55(70)63(54(43)69)38-25-21-36(22-26-38)59-61-48-40-18-10-8-14-33(40)28-46(50(48)65)57-51(66)31-11-3-1-4-12-31/h1-30,56,64-65H,(H,57,66).